The molecule has 0 bridgehead atoms. The molecule has 2 aliphatic rings. The summed E-state index contributed by atoms with van der Waals surface area (Å²) in [5.74, 6) is -0.0553. The van der Waals surface area contributed by atoms with Gasteiger partial charge in [-0.05, 0) is 72.1 Å². The Bertz CT molecular complexity index is 1470. The number of benzene rings is 3. The van der Waals surface area contributed by atoms with Crippen molar-refractivity contribution >= 4 is 28.4 Å². The van der Waals surface area contributed by atoms with E-state index in [1.165, 1.54) is 19.3 Å². The van der Waals surface area contributed by atoms with E-state index < -0.39 is 0 Å². The SMILES string of the molecule is N#Cc1cccc(-c2ccc(Cn3ncc4c(Cl)ccc(C(=O)NC5CC6(CCC6)C5)c43)cc2)c1. The third-order valence-electron chi connectivity index (χ3n) is 7.71. The number of hydrogen-bond donors (Lipinski definition) is 1. The van der Waals surface area contributed by atoms with Crippen LogP contribution < -0.4 is 5.32 Å². The third kappa shape index (κ3) is 3.98. The molecule has 2 saturated carbocycles. The molecule has 2 aliphatic carbocycles. The summed E-state index contributed by atoms with van der Waals surface area (Å²) >= 11 is 6.46. The van der Waals surface area contributed by atoms with E-state index in [0.717, 1.165) is 40.4 Å². The quantitative estimate of drug-likeness (QED) is 0.362. The zero-order valence-corrected chi connectivity index (χ0v) is 20.1. The third-order valence-corrected chi connectivity index (χ3v) is 8.04. The van der Waals surface area contributed by atoms with Crippen molar-refractivity contribution in [2.24, 2.45) is 5.41 Å². The predicted molar refractivity (Wildman–Crippen MR) is 137 cm³/mol. The number of aromatic nitrogens is 2. The second kappa shape index (κ2) is 8.55. The van der Waals surface area contributed by atoms with E-state index in [1.807, 2.05) is 35.0 Å². The number of fused-ring (bicyclic) bond motifs is 1. The first-order valence-corrected chi connectivity index (χ1v) is 12.5. The second-order valence-corrected chi connectivity index (χ2v) is 10.4. The van der Waals surface area contributed by atoms with Crippen molar-refractivity contribution in [2.75, 3.05) is 0 Å². The Morgan fingerprint density at radius 2 is 1.91 bits per heavy atom. The van der Waals surface area contributed by atoms with Crippen LogP contribution in [0, 0.1) is 16.7 Å². The monoisotopic (exact) mass is 480 g/mol. The highest BCUT2D eigenvalue weighted by Crippen LogP contribution is 2.55. The highest BCUT2D eigenvalue weighted by atomic mass is 35.5. The largest absolute Gasteiger partial charge is 0.349 e. The standard InChI is InChI=1S/C29H25ClN4O/c30-26-10-9-24(28(35)33-23-14-29(15-23)11-2-12-29)27-25(26)17-32-34(27)18-19-5-7-21(8-6-19)22-4-1-3-20(13-22)16-31/h1,3-10,13,17,23H,2,11-12,14-15,18H2,(H,33,35). The van der Waals surface area contributed by atoms with Crippen molar-refractivity contribution in [2.45, 2.75) is 44.7 Å². The molecule has 4 aromatic rings. The van der Waals surface area contributed by atoms with Crippen LogP contribution in [0.25, 0.3) is 22.0 Å². The van der Waals surface area contributed by atoms with Crippen LogP contribution >= 0.6 is 11.6 Å². The van der Waals surface area contributed by atoms with Gasteiger partial charge in [-0.3, -0.25) is 9.48 Å². The topological polar surface area (TPSA) is 70.7 Å². The Labute approximate surface area is 209 Å². The molecule has 3 aromatic carbocycles. The summed E-state index contributed by atoms with van der Waals surface area (Å²) in [4.78, 5) is 13.2. The van der Waals surface area contributed by atoms with Gasteiger partial charge in [-0.15, -0.1) is 0 Å². The first-order chi connectivity index (χ1) is 17.0. The molecule has 0 unspecified atom stereocenters. The number of carbonyl (C=O) groups is 1. The molecule has 6 heteroatoms. The number of nitrogens with zero attached hydrogens (tertiary/aromatic N) is 3. The van der Waals surface area contributed by atoms with E-state index in [4.69, 9.17) is 16.9 Å². The Morgan fingerprint density at radius 1 is 1.11 bits per heavy atom. The maximum absolute atomic E-state index is 13.2. The van der Waals surface area contributed by atoms with E-state index in [9.17, 15) is 4.79 Å². The molecule has 5 nitrogen and oxygen atoms in total. The van der Waals surface area contributed by atoms with E-state index in [-0.39, 0.29) is 11.9 Å². The number of nitriles is 1. The van der Waals surface area contributed by atoms with Crippen molar-refractivity contribution in [1.29, 1.82) is 5.26 Å². The molecule has 0 aliphatic heterocycles. The number of carbonyl (C=O) groups excluding carboxylic acids is 1. The van der Waals surface area contributed by atoms with Gasteiger partial charge in [0, 0.05) is 11.4 Å². The first kappa shape index (κ1) is 21.9. The van der Waals surface area contributed by atoms with Gasteiger partial charge in [0.1, 0.15) is 0 Å². The molecule has 1 amide bonds. The van der Waals surface area contributed by atoms with E-state index >= 15 is 0 Å². The summed E-state index contributed by atoms with van der Waals surface area (Å²) in [6, 6.07) is 21.8. The normalized spacial score (nSPS) is 16.5. The lowest BCUT2D eigenvalue weighted by molar-refractivity contribution is -0.000604. The van der Waals surface area contributed by atoms with Gasteiger partial charge in [0.05, 0.1) is 40.5 Å². The van der Waals surface area contributed by atoms with Gasteiger partial charge >= 0.3 is 0 Å². The van der Waals surface area contributed by atoms with Crippen LogP contribution in [0.1, 0.15) is 53.6 Å². The lowest BCUT2D eigenvalue weighted by Crippen LogP contribution is -2.53. The number of nitrogens with one attached hydrogen (secondary N) is 1. The van der Waals surface area contributed by atoms with Gasteiger partial charge in [0.25, 0.3) is 5.91 Å². The van der Waals surface area contributed by atoms with Crippen molar-refractivity contribution in [3.8, 4) is 17.2 Å². The molecule has 1 aromatic heterocycles. The summed E-state index contributed by atoms with van der Waals surface area (Å²) in [7, 11) is 0. The molecular weight excluding hydrogens is 456 g/mol. The fourth-order valence-electron chi connectivity index (χ4n) is 5.65. The van der Waals surface area contributed by atoms with Crippen LogP contribution in [0.3, 0.4) is 0 Å². The molecule has 1 heterocycles. The summed E-state index contributed by atoms with van der Waals surface area (Å²) in [5.41, 5.74) is 5.64. The summed E-state index contributed by atoms with van der Waals surface area (Å²) in [5, 5.41) is 18.4. The number of rotatable bonds is 5. The minimum atomic E-state index is -0.0553. The Morgan fingerprint density at radius 3 is 2.63 bits per heavy atom. The van der Waals surface area contributed by atoms with Crippen LogP contribution in [-0.4, -0.2) is 21.7 Å². The van der Waals surface area contributed by atoms with Gasteiger partial charge in [0.2, 0.25) is 0 Å². The smallest absolute Gasteiger partial charge is 0.253 e. The lowest BCUT2D eigenvalue weighted by Gasteiger charge is -2.54. The zero-order chi connectivity index (χ0) is 24.0. The Kier molecular flexibility index (Phi) is 5.35. The fraction of sp³-hybridized carbons (Fsp3) is 0.276. The van der Waals surface area contributed by atoms with Gasteiger partial charge in [0.15, 0.2) is 0 Å². The van der Waals surface area contributed by atoms with Crippen LogP contribution in [0.15, 0.2) is 66.9 Å². The highest BCUT2D eigenvalue weighted by Gasteiger charge is 2.48. The highest BCUT2D eigenvalue weighted by molar-refractivity contribution is 6.36. The molecule has 35 heavy (non-hydrogen) atoms. The summed E-state index contributed by atoms with van der Waals surface area (Å²) in [6.07, 6.45) is 7.87. The lowest BCUT2D eigenvalue weighted by atomic mass is 9.54. The molecule has 2 fully saturated rings. The average Bonchev–Trinajstić information content (AvgIpc) is 3.25. The second-order valence-electron chi connectivity index (χ2n) is 9.98. The van der Waals surface area contributed by atoms with Crippen molar-refractivity contribution in [3.63, 3.8) is 0 Å². The molecule has 6 rings (SSSR count). The van der Waals surface area contributed by atoms with Crippen molar-refractivity contribution in [1.82, 2.24) is 15.1 Å². The molecule has 1 spiro atoms. The van der Waals surface area contributed by atoms with E-state index in [0.29, 0.717) is 28.1 Å². The van der Waals surface area contributed by atoms with Crippen molar-refractivity contribution < 1.29 is 4.79 Å². The van der Waals surface area contributed by atoms with Crippen LogP contribution in [0.5, 0.6) is 0 Å². The summed E-state index contributed by atoms with van der Waals surface area (Å²) < 4.78 is 1.86. The maximum Gasteiger partial charge on any atom is 0.253 e. The van der Waals surface area contributed by atoms with Gasteiger partial charge in [-0.25, -0.2) is 0 Å². The van der Waals surface area contributed by atoms with Crippen LogP contribution in [0.4, 0.5) is 0 Å². The summed E-state index contributed by atoms with van der Waals surface area (Å²) in [6.45, 7) is 0.523. The molecule has 0 radical (unpaired) electrons. The zero-order valence-electron chi connectivity index (χ0n) is 19.3. The van der Waals surface area contributed by atoms with Crippen LogP contribution in [-0.2, 0) is 6.54 Å². The van der Waals surface area contributed by atoms with E-state index in [1.54, 1.807) is 24.4 Å². The molecule has 0 atom stereocenters. The van der Waals surface area contributed by atoms with Gasteiger partial charge < -0.3 is 5.32 Å². The molecular formula is C29H25ClN4O. The van der Waals surface area contributed by atoms with Crippen LogP contribution in [0.2, 0.25) is 5.02 Å². The molecule has 0 saturated heterocycles. The number of hydrogen-bond acceptors (Lipinski definition) is 3. The predicted octanol–water partition coefficient (Wildman–Crippen LogP) is 6.34. The maximum atomic E-state index is 13.2. The minimum Gasteiger partial charge on any atom is -0.349 e. The number of amides is 1. The fourth-order valence-corrected chi connectivity index (χ4v) is 5.85. The molecule has 174 valence electrons. The molecule has 1 N–H and O–H groups in total. The first-order valence-electron chi connectivity index (χ1n) is 12.1. The van der Waals surface area contributed by atoms with E-state index in [2.05, 4.69) is 28.6 Å². The Balaban J connectivity index is 1.25. The van der Waals surface area contributed by atoms with Gasteiger partial charge in [-0.1, -0.05) is 54.4 Å². The minimum absolute atomic E-state index is 0.0553. The van der Waals surface area contributed by atoms with Crippen molar-refractivity contribution in [3.05, 3.63) is 88.6 Å². The van der Waals surface area contributed by atoms with Gasteiger partial charge in [-0.2, -0.15) is 10.4 Å². The average molecular weight is 481 g/mol. The Hall–Kier alpha value is -3.62. The number of halogens is 1.